The van der Waals surface area contributed by atoms with Crippen molar-refractivity contribution in [3.05, 3.63) is 59.9 Å². The van der Waals surface area contributed by atoms with E-state index < -0.39 is 0 Å². The minimum Gasteiger partial charge on any atom is -0.494 e. The quantitative estimate of drug-likeness (QED) is 0.647. The van der Waals surface area contributed by atoms with Gasteiger partial charge in [0.05, 0.1) is 6.61 Å². The molecule has 18 heavy (non-hydrogen) atoms. The molecular weight excluding hydrogens is 229 g/mol. The van der Waals surface area contributed by atoms with Crippen LogP contribution in [0.1, 0.15) is 12.0 Å². The fourth-order valence-electron chi connectivity index (χ4n) is 1.68. The van der Waals surface area contributed by atoms with E-state index in [0.29, 0.717) is 6.61 Å². The van der Waals surface area contributed by atoms with Crippen LogP contribution in [-0.4, -0.2) is 6.61 Å². The van der Waals surface area contributed by atoms with Gasteiger partial charge in [0.2, 0.25) is 0 Å². The van der Waals surface area contributed by atoms with Gasteiger partial charge < -0.3 is 10.5 Å². The third-order valence-electron chi connectivity index (χ3n) is 2.67. The Morgan fingerprint density at radius 2 is 1.61 bits per heavy atom. The highest BCUT2D eigenvalue weighted by atomic mass is 19.1. The van der Waals surface area contributed by atoms with Crippen LogP contribution in [0.5, 0.6) is 5.75 Å². The third-order valence-corrected chi connectivity index (χ3v) is 2.67. The second kappa shape index (κ2) is 6.05. The minimum atomic E-state index is -0.197. The number of rotatable bonds is 5. The van der Waals surface area contributed by atoms with Gasteiger partial charge in [0.15, 0.2) is 0 Å². The van der Waals surface area contributed by atoms with Gasteiger partial charge in [-0.2, -0.15) is 0 Å². The van der Waals surface area contributed by atoms with Gasteiger partial charge in [0.25, 0.3) is 0 Å². The standard InChI is InChI=1S/C15H16FNO/c16-13-5-3-12(4-6-13)2-1-11-18-15-9-7-14(17)8-10-15/h3-10H,1-2,11,17H2. The summed E-state index contributed by atoms with van der Waals surface area (Å²) in [6, 6.07) is 13.9. The van der Waals surface area contributed by atoms with Crippen LogP contribution in [0, 0.1) is 5.82 Å². The van der Waals surface area contributed by atoms with Crippen LogP contribution in [0.4, 0.5) is 10.1 Å². The first-order chi connectivity index (χ1) is 8.74. The van der Waals surface area contributed by atoms with Gasteiger partial charge in [-0.15, -0.1) is 0 Å². The van der Waals surface area contributed by atoms with Gasteiger partial charge in [0, 0.05) is 5.69 Å². The predicted molar refractivity (Wildman–Crippen MR) is 71.1 cm³/mol. The van der Waals surface area contributed by atoms with E-state index in [1.807, 2.05) is 24.3 Å². The smallest absolute Gasteiger partial charge is 0.123 e. The maximum Gasteiger partial charge on any atom is 0.123 e. The first-order valence-corrected chi connectivity index (χ1v) is 5.97. The molecule has 0 heterocycles. The van der Waals surface area contributed by atoms with Crippen LogP contribution >= 0.6 is 0 Å². The molecule has 0 aliphatic rings. The molecule has 2 rings (SSSR count). The van der Waals surface area contributed by atoms with Crippen molar-refractivity contribution in [1.29, 1.82) is 0 Å². The fraction of sp³-hybridized carbons (Fsp3) is 0.200. The average Bonchev–Trinajstić information content (AvgIpc) is 2.39. The van der Waals surface area contributed by atoms with Gasteiger partial charge in [0.1, 0.15) is 11.6 Å². The van der Waals surface area contributed by atoms with Gasteiger partial charge in [-0.25, -0.2) is 4.39 Å². The molecule has 2 nitrogen and oxygen atoms in total. The van der Waals surface area contributed by atoms with Gasteiger partial charge in [-0.05, 0) is 54.8 Å². The maximum absolute atomic E-state index is 12.7. The largest absolute Gasteiger partial charge is 0.494 e. The lowest BCUT2D eigenvalue weighted by Gasteiger charge is -2.06. The van der Waals surface area contributed by atoms with E-state index >= 15 is 0 Å². The van der Waals surface area contributed by atoms with Crippen LogP contribution in [0.3, 0.4) is 0 Å². The number of hydrogen-bond donors (Lipinski definition) is 1. The summed E-state index contributed by atoms with van der Waals surface area (Å²) in [6.07, 6.45) is 1.78. The molecule has 0 radical (unpaired) electrons. The first-order valence-electron chi connectivity index (χ1n) is 5.97. The fourth-order valence-corrected chi connectivity index (χ4v) is 1.68. The molecular formula is C15H16FNO. The van der Waals surface area contributed by atoms with Crippen LogP contribution in [-0.2, 0) is 6.42 Å². The number of nitrogens with two attached hydrogens (primary N) is 1. The van der Waals surface area contributed by atoms with E-state index in [1.165, 1.54) is 12.1 Å². The van der Waals surface area contributed by atoms with Crippen molar-refractivity contribution in [3.63, 3.8) is 0 Å². The Morgan fingerprint density at radius 1 is 0.944 bits per heavy atom. The lowest BCUT2D eigenvalue weighted by molar-refractivity contribution is 0.311. The second-order valence-electron chi connectivity index (χ2n) is 4.15. The Bertz CT molecular complexity index is 431. The second-order valence-corrected chi connectivity index (χ2v) is 4.15. The molecule has 0 bridgehead atoms. The van der Waals surface area contributed by atoms with E-state index in [-0.39, 0.29) is 5.82 Å². The van der Waals surface area contributed by atoms with Crippen LogP contribution in [0.15, 0.2) is 48.5 Å². The summed E-state index contributed by atoms with van der Waals surface area (Å²) in [7, 11) is 0. The zero-order valence-corrected chi connectivity index (χ0v) is 10.1. The highest BCUT2D eigenvalue weighted by molar-refractivity contribution is 5.41. The number of aryl methyl sites for hydroxylation is 1. The molecule has 94 valence electrons. The molecule has 0 saturated carbocycles. The predicted octanol–water partition coefficient (Wildman–Crippen LogP) is 3.42. The number of benzene rings is 2. The minimum absolute atomic E-state index is 0.197. The number of hydrogen-bond acceptors (Lipinski definition) is 2. The van der Waals surface area contributed by atoms with Crippen molar-refractivity contribution < 1.29 is 9.13 Å². The number of ether oxygens (including phenoxy) is 1. The summed E-state index contributed by atoms with van der Waals surface area (Å²) < 4.78 is 18.3. The van der Waals surface area contributed by atoms with E-state index in [4.69, 9.17) is 10.5 Å². The Kier molecular flexibility index (Phi) is 4.18. The summed E-state index contributed by atoms with van der Waals surface area (Å²) in [5, 5.41) is 0. The summed E-state index contributed by atoms with van der Waals surface area (Å²) in [5.74, 6) is 0.625. The Labute approximate surface area is 106 Å². The lowest BCUT2D eigenvalue weighted by Crippen LogP contribution is -1.99. The van der Waals surface area contributed by atoms with Gasteiger partial charge >= 0.3 is 0 Å². The molecule has 0 aliphatic carbocycles. The number of halogens is 1. The van der Waals surface area contributed by atoms with E-state index in [2.05, 4.69) is 0 Å². The molecule has 0 aliphatic heterocycles. The maximum atomic E-state index is 12.7. The van der Waals surface area contributed by atoms with E-state index in [1.54, 1.807) is 12.1 Å². The SMILES string of the molecule is Nc1ccc(OCCCc2ccc(F)cc2)cc1. The lowest BCUT2D eigenvalue weighted by atomic mass is 10.1. The first kappa shape index (κ1) is 12.4. The highest BCUT2D eigenvalue weighted by Gasteiger charge is 1.96. The molecule has 0 saturated heterocycles. The number of nitrogen functional groups attached to an aromatic ring is 1. The van der Waals surface area contributed by atoms with Crippen molar-refractivity contribution in [3.8, 4) is 5.75 Å². The van der Waals surface area contributed by atoms with Crippen LogP contribution in [0.2, 0.25) is 0 Å². The highest BCUT2D eigenvalue weighted by Crippen LogP contribution is 2.13. The normalized spacial score (nSPS) is 10.3. The molecule has 0 spiro atoms. The van der Waals surface area contributed by atoms with Crippen molar-refractivity contribution in [2.45, 2.75) is 12.8 Å². The average molecular weight is 245 g/mol. The zero-order valence-electron chi connectivity index (χ0n) is 10.1. The number of anilines is 1. The molecule has 0 unspecified atom stereocenters. The monoisotopic (exact) mass is 245 g/mol. The molecule has 2 N–H and O–H groups in total. The topological polar surface area (TPSA) is 35.2 Å². The van der Waals surface area contributed by atoms with Crippen LogP contribution < -0.4 is 10.5 Å². The molecule has 0 aromatic heterocycles. The Balaban J connectivity index is 1.73. The van der Waals surface area contributed by atoms with E-state index in [9.17, 15) is 4.39 Å². The van der Waals surface area contributed by atoms with Crippen molar-refractivity contribution >= 4 is 5.69 Å². The molecule has 3 heteroatoms. The summed E-state index contributed by atoms with van der Waals surface area (Å²) in [6.45, 7) is 0.640. The zero-order chi connectivity index (χ0) is 12.8. The van der Waals surface area contributed by atoms with Gasteiger partial charge in [-0.3, -0.25) is 0 Å². The molecule has 2 aromatic rings. The summed E-state index contributed by atoms with van der Waals surface area (Å²) in [4.78, 5) is 0. The molecule has 2 aromatic carbocycles. The third kappa shape index (κ3) is 3.77. The molecule has 0 atom stereocenters. The van der Waals surface area contributed by atoms with Crippen LogP contribution in [0.25, 0.3) is 0 Å². The summed E-state index contributed by atoms with van der Waals surface area (Å²) >= 11 is 0. The van der Waals surface area contributed by atoms with Crippen molar-refractivity contribution in [1.82, 2.24) is 0 Å². The molecule has 0 fully saturated rings. The Hall–Kier alpha value is -2.03. The van der Waals surface area contributed by atoms with Gasteiger partial charge in [-0.1, -0.05) is 12.1 Å². The van der Waals surface area contributed by atoms with E-state index in [0.717, 1.165) is 29.8 Å². The van der Waals surface area contributed by atoms with Crippen molar-refractivity contribution in [2.75, 3.05) is 12.3 Å². The van der Waals surface area contributed by atoms with Crippen molar-refractivity contribution in [2.24, 2.45) is 0 Å². The summed E-state index contributed by atoms with van der Waals surface area (Å²) in [5.41, 5.74) is 7.44. The Morgan fingerprint density at radius 3 is 2.28 bits per heavy atom. The molecule has 0 amide bonds.